The number of carboxylic acids is 1. The second-order valence-electron chi connectivity index (χ2n) is 6.16. The van der Waals surface area contributed by atoms with Gasteiger partial charge in [0.15, 0.2) is 0 Å². The molecule has 1 aliphatic heterocycles. The number of amides is 2. The number of aliphatic carboxylic acids is 1. The van der Waals surface area contributed by atoms with Gasteiger partial charge in [-0.25, -0.2) is 4.79 Å². The number of carbonyl (C=O) groups is 3. The van der Waals surface area contributed by atoms with Gasteiger partial charge in [-0.1, -0.05) is 22.0 Å². The number of ether oxygens (including phenoxy) is 1. The number of halogens is 4. The Balaban J connectivity index is 0.000000553. The monoisotopic (exact) mass is 497 g/mol. The van der Waals surface area contributed by atoms with Gasteiger partial charge in [-0.05, 0) is 18.2 Å². The van der Waals surface area contributed by atoms with Crippen LogP contribution in [0.1, 0.15) is 10.4 Å². The zero-order valence-electron chi connectivity index (χ0n) is 16.2. The molecule has 30 heavy (non-hydrogen) atoms. The van der Waals surface area contributed by atoms with Crippen LogP contribution in [0.15, 0.2) is 28.7 Å². The first kappa shape index (κ1) is 25.9. The quantitative estimate of drug-likeness (QED) is 0.619. The molecule has 0 radical (unpaired) electrons. The molecule has 2 N–H and O–H groups in total. The molecule has 1 aromatic carbocycles. The highest BCUT2D eigenvalue weighted by Gasteiger charge is 2.38. The summed E-state index contributed by atoms with van der Waals surface area (Å²) in [4.78, 5) is 37.4. The molecule has 0 aliphatic carbocycles. The third-order valence-corrected chi connectivity index (χ3v) is 4.46. The Labute approximate surface area is 180 Å². The summed E-state index contributed by atoms with van der Waals surface area (Å²) in [5.41, 5.74) is 0.559. The maximum absolute atomic E-state index is 12.7. The van der Waals surface area contributed by atoms with Gasteiger partial charge in [-0.3, -0.25) is 9.59 Å². The zero-order chi connectivity index (χ0) is 22.7. The van der Waals surface area contributed by atoms with Crippen molar-refractivity contribution in [1.82, 2.24) is 15.1 Å². The summed E-state index contributed by atoms with van der Waals surface area (Å²) < 4.78 is 37.6. The fraction of sp³-hybridized carbons (Fsp3) is 0.500. The fourth-order valence-electron chi connectivity index (χ4n) is 2.44. The third-order valence-electron chi connectivity index (χ3n) is 3.96. The van der Waals surface area contributed by atoms with Crippen molar-refractivity contribution in [3.8, 4) is 0 Å². The largest absolute Gasteiger partial charge is 0.490 e. The lowest BCUT2D eigenvalue weighted by Gasteiger charge is -2.30. The standard InChI is InChI=1S/C16H22BrN3O3.C2HF3O2/c1-23-10-9-20(12-15(21)19-7-5-18-6-8-19)16(22)13-3-2-4-14(17)11-13;3-2(4,5)1(6)7/h2-4,11,18H,5-10,12H2,1H3;(H,6,7). The van der Waals surface area contributed by atoms with Crippen molar-refractivity contribution in [2.45, 2.75) is 6.18 Å². The molecule has 1 saturated heterocycles. The first-order valence-corrected chi connectivity index (χ1v) is 9.68. The lowest BCUT2D eigenvalue weighted by atomic mass is 10.2. The average Bonchev–Trinajstić information content (AvgIpc) is 2.70. The van der Waals surface area contributed by atoms with Crippen LogP contribution >= 0.6 is 15.9 Å². The number of benzene rings is 1. The van der Waals surface area contributed by atoms with Crippen LogP contribution in [0, 0.1) is 0 Å². The van der Waals surface area contributed by atoms with Gasteiger partial charge in [-0.2, -0.15) is 13.2 Å². The third kappa shape index (κ3) is 9.09. The summed E-state index contributed by atoms with van der Waals surface area (Å²) in [6, 6.07) is 7.19. The van der Waals surface area contributed by atoms with Crippen LogP contribution in [-0.4, -0.2) is 91.9 Å². The van der Waals surface area contributed by atoms with Crippen LogP contribution < -0.4 is 5.32 Å². The molecule has 0 atom stereocenters. The molecule has 0 aromatic heterocycles. The van der Waals surface area contributed by atoms with Gasteiger partial charge in [0.1, 0.15) is 6.54 Å². The second-order valence-corrected chi connectivity index (χ2v) is 7.08. The minimum atomic E-state index is -5.08. The number of nitrogens with zero attached hydrogens (tertiary/aromatic N) is 2. The number of methoxy groups -OCH3 is 1. The molecule has 2 amide bonds. The first-order chi connectivity index (χ1) is 14.1. The van der Waals surface area contributed by atoms with Gasteiger partial charge in [0.05, 0.1) is 6.61 Å². The maximum atomic E-state index is 12.7. The van der Waals surface area contributed by atoms with Crippen molar-refractivity contribution in [3.63, 3.8) is 0 Å². The van der Waals surface area contributed by atoms with Gasteiger partial charge in [0.25, 0.3) is 5.91 Å². The molecule has 1 aromatic rings. The van der Waals surface area contributed by atoms with Crippen LogP contribution in [0.5, 0.6) is 0 Å². The van der Waals surface area contributed by atoms with E-state index in [4.69, 9.17) is 14.6 Å². The highest BCUT2D eigenvalue weighted by molar-refractivity contribution is 9.10. The smallest absolute Gasteiger partial charge is 0.475 e. The van der Waals surface area contributed by atoms with Crippen molar-refractivity contribution in [1.29, 1.82) is 0 Å². The Bertz CT molecular complexity index is 727. The summed E-state index contributed by atoms with van der Waals surface area (Å²) in [5, 5.41) is 10.3. The lowest BCUT2D eigenvalue weighted by Crippen LogP contribution is -2.50. The molecule has 0 spiro atoms. The van der Waals surface area contributed by atoms with E-state index in [1.54, 1.807) is 29.0 Å². The minimum Gasteiger partial charge on any atom is -0.475 e. The normalized spacial score (nSPS) is 13.8. The Hall–Kier alpha value is -2.18. The van der Waals surface area contributed by atoms with Crippen molar-refractivity contribution in [3.05, 3.63) is 34.3 Å². The number of hydrogen-bond donors (Lipinski definition) is 2. The highest BCUT2D eigenvalue weighted by atomic mass is 79.9. The van der Waals surface area contributed by atoms with E-state index in [0.717, 1.165) is 17.6 Å². The Morgan fingerprint density at radius 3 is 2.37 bits per heavy atom. The summed E-state index contributed by atoms with van der Waals surface area (Å²) in [5.74, 6) is -2.94. The molecular formula is C18H23BrF3N3O5. The molecule has 1 fully saturated rings. The number of carboxylic acid groups (broad SMARTS) is 1. The van der Waals surface area contributed by atoms with E-state index >= 15 is 0 Å². The van der Waals surface area contributed by atoms with E-state index < -0.39 is 12.1 Å². The molecule has 1 heterocycles. The van der Waals surface area contributed by atoms with Crippen LogP contribution in [0.4, 0.5) is 13.2 Å². The fourth-order valence-corrected chi connectivity index (χ4v) is 2.83. The van der Waals surface area contributed by atoms with E-state index in [2.05, 4.69) is 21.2 Å². The van der Waals surface area contributed by atoms with Crippen molar-refractivity contribution in [2.75, 3.05) is 53.0 Å². The van der Waals surface area contributed by atoms with E-state index in [-0.39, 0.29) is 18.4 Å². The first-order valence-electron chi connectivity index (χ1n) is 8.88. The van der Waals surface area contributed by atoms with Crippen LogP contribution in [-0.2, 0) is 14.3 Å². The summed E-state index contributed by atoms with van der Waals surface area (Å²) in [7, 11) is 1.58. The van der Waals surface area contributed by atoms with Gasteiger partial charge in [0.2, 0.25) is 5.91 Å². The molecule has 2 rings (SSSR count). The topological polar surface area (TPSA) is 99.2 Å². The number of nitrogens with one attached hydrogen (secondary N) is 1. The van der Waals surface area contributed by atoms with E-state index in [1.165, 1.54) is 0 Å². The summed E-state index contributed by atoms with van der Waals surface area (Å²) in [6.07, 6.45) is -5.08. The van der Waals surface area contributed by atoms with Gasteiger partial charge >= 0.3 is 12.1 Å². The zero-order valence-corrected chi connectivity index (χ0v) is 17.8. The Morgan fingerprint density at radius 1 is 1.27 bits per heavy atom. The van der Waals surface area contributed by atoms with Crippen molar-refractivity contribution < 1.29 is 37.4 Å². The number of hydrogen-bond acceptors (Lipinski definition) is 5. The van der Waals surface area contributed by atoms with E-state index in [9.17, 15) is 22.8 Å². The average molecular weight is 498 g/mol. The number of rotatable bonds is 6. The highest BCUT2D eigenvalue weighted by Crippen LogP contribution is 2.14. The van der Waals surface area contributed by atoms with Gasteiger partial charge in [-0.15, -0.1) is 0 Å². The number of alkyl halides is 3. The summed E-state index contributed by atoms with van der Waals surface area (Å²) in [6.45, 7) is 3.82. The predicted octanol–water partition coefficient (Wildman–Crippen LogP) is 1.60. The molecule has 168 valence electrons. The molecule has 1 aliphatic rings. The second kappa shape index (κ2) is 12.5. The van der Waals surface area contributed by atoms with Crippen LogP contribution in [0.25, 0.3) is 0 Å². The molecule has 0 bridgehead atoms. The van der Waals surface area contributed by atoms with E-state index in [1.807, 2.05) is 12.1 Å². The molecular weight excluding hydrogens is 475 g/mol. The Kier molecular flexibility index (Phi) is 10.8. The van der Waals surface area contributed by atoms with Gasteiger partial charge < -0.3 is 25.0 Å². The lowest BCUT2D eigenvalue weighted by molar-refractivity contribution is -0.192. The van der Waals surface area contributed by atoms with Crippen molar-refractivity contribution in [2.24, 2.45) is 0 Å². The molecule has 0 saturated carbocycles. The number of carbonyl (C=O) groups excluding carboxylic acids is 2. The SMILES string of the molecule is COCCN(CC(=O)N1CCNCC1)C(=O)c1cccc(Br)c1.O=C(O)C(F)(F)F. The maximum Gasteiger partial charge on any atom is 0.490 e. The summed E-state index contributed by atoms with van der Waals surface area (Å²) >= 11 is 3.37. The van der Waals surface area contributed by atoms with Crippen LogP contribution in [0.3, 0.4) is 0 Å². The molecule has 0 unspecified atom stereocenters. The molecule has 8 nitrogen and oxygen atoms in total. The molecule has 12 heteroatoms. The van der Waals surface area contributed by atoms with E-state index in [0.29, 0.717) is 31.8 Å². The van der Waals surface area contributed by atoms with Crippen molar-refractivity contribution >= 4 is 33.7 Å². The number of piperazine rings is 1. The minimum absolute atomic E-state index is 0.0223. The van der Waals surface area contributed by atoms with Crippen LogP contribution in [0.2, 0.25) is 0 Å². The predicted molar refractivity (Wildman–Crippen MR) is 105 cm³/mol. The van der Waals surface area contributed by atoms with Gasteiger partial charge in [0, 0.05) is 49.9 Å². The Morgan fingerprint density at radius 2 is 1.87 bits per heavy atom.